The Bertz CT molecular complexity index is 1160. The van der Waals surface area contributed by atoms with Crippen molar-refractivity contribution in [3.8, 4) is 17.2 Å². The summed E-state index contributed by atoms with van der Waals surface area (Å²) in [5.74, 6) is 2.00. The third kappa shape index (κ3) is 7.35. The fourth-order valence-electron chi connectivity index (χ4n) is 3.15. The maximum Gasteiger partial charge on any atom is 0.277 e. The molecule has 0 saturated heterocycles. The van der Waals surface area contributed by atoms with Gasteiger partial charge in [0, 0.05) is 10.0 Å². The van der Waals surface area contributed by atoms with Crippen LogP contribution in [0.5, 0.6) is 17.2 Å². The first-order valence-electron chi connectivity index (χ1n) is 11.0. The standard InChI is InChI=1S/C27H29BrN2O4/c1-18(2)21-9-8-19(3)26(14-21)34-17-27(31)30-29-15-22-13-24(32-4)10-11-25(22)33-16-20-6-5-7-23(28)12-20/h5-15,18H,16-17H2,1-4H3,(H,30,31). The summed E-state index contributed by atoms with van der Waals surface area (Å²) in [6.07, 6.45) is 1.53. The van der Waals surface area contributed by atoms with Crippen molar-refractivity contribution in [3.05, 3.63) is 87.4 Å². The Morgan fingerprint density at radius 2 is 1.88 bits per heavy atom. The molecule has 3 rings (SSSR count). The zero-order valence-corrected chi connectivity index (χ0v) is 21.4. The van der Waals surface area contributed by atoms with Crippen molar-refractivity contribution in [1.82, 2.24) is 5.43 Å². The van der Waals surface area contributed by atoms with Gasteiger partial charge in [-0.2, -0.15) is 5.10 Å². The van der Waals surface area contributed by atoms with Crippen LogP contribution >= 0.6 is 15.9 Å². The van der Waals surface area contributed by atoms with E-state index in [0.717, 1.165) is 21.2 Å². The first-order valence-corrected chi connectivity index (χ1v) is 11.8. The Morgan fingerprint density at radius 3 is 2.62 bits per heavy atom. The molecule has 3 aromatic carbocycles. The van der Waals surface area contributed by atoms with E-state index in [9.17, 15) is 4.79 Å². The van der Waals surface area contributed by atoms with E-state index in [1.54, 1.807) is 13.2 Å². The lowest BCUT2D eigenvalue weighted by Crippen LogP contribution is -2.24. The molecule has 3 aromatic rings. The lowest BCUT2D eigenvalue weighted by Gasteiger charge is -2.12. The van der Waals surface area contributed by atoms with Gasteiger partial charge in [0.1, 0.15) is 23.9 Å². The number of hydrogen-bond donors (Lipinski definition) is 1. The van der Waals surface area contributed by atoms with Crippen LogP contribution in [0.3, 0.4) is 0 Å². The fraction of sp³-hybridized carbons (Fsp3) is 0.259. The maximum absolute atomic E-state index is 12.3. The van der Waals surface area contributed by atoms with Crippen molar-refractivity contribution in [2.24, 2.45) is 5.10 Å². The van der Waals surface area contributed by atoms with Gasteiger partial charge >= 0.3 is 0 Å². The Hall–Kier alpha value is -3.32. The van der Waals surface area contributed by atoms with Crippen LogP contribution in [-0.2, 0) is 11.4 Å². The third-order valence-corrected chi connectivity index (χ3v) is 5.62. The lowest BCUT2D eigenvalue weighted by atomic mass is 10.0. The molecule has 0 aliphatic carbocycles. The first-order chi connectivity index (χ1) is 16.4. The number of carbonyl (C=O) groups is 1. The summed E-state index contributed by atoms with van der Waals surface area (Å²) in [5, 5.41) is 4.08. The van der Waals surface area contributed by atoms with Gasteiger partial charge in [-0.15, -0.1) is 0 Å². The smallest absolute Gasteiger partial charge is 0.277 e. The maximum atomic E-state index is 12.3. The van der Waals surface area contributed by atoms with Gasteiger partial charge in [-0.3, -0.25) is 4.79 Å². The van der Waals surface area contributed by atoms with E-state index in [4.69, 9.17) is 14.2 Å². The average Bonchev–Trinajstić information content (AvgIpc) is 2.82. The number of halogens is 1. The van der Waals surface area contributed by atoms with Crippen LogP contribution in [0.25, 0.3) is 0 Å². The number of rotatable bonds is 10. The molecule has 0 saturated carbocycles. The summed E-state index contributed by atoms with van der Waals surface area (Å²) in [5.41, 5.74) is 6.34. The minimum Gasteiger partial charge on any atom is -0.497 e. The third-order valence-electron chi connectivity index (χ3n) is 5.13. The van der Waals surface area contributed by atoms with E-state index >= 15 is 0 Å². The molecular formula is C27H29BrN2O4. The predicted molar refractivity (Wildman–Crippen MR) is 138 cm³/mol. The van der Waals surface area contributed by atoms with Crippen LogP contribution in [-0.4, -0.2) is 25.8 Å². The van der Waals surface area contributed by atoms with Crippen LogP contribution < -0.4 is 19.6 Å². The molecule has 0 unspecified atom stereocenters. The Labute approximate surface area is 209 Å². The van der Waals surface area contributed by atoms with Crippen LogP contribution in [0.1, 0.15) is 42.0 Å². The monoisotopic (exact) mass is 524 g/mol. The van der Waals surface area contributed by atoms with Crippen molar-refractivity contribution in [2.45, 2.75) is 33.3 Å². The molecule has 0 atom stereocenters. The summed E-state index contributed by atoms with van der Waals surface area (Å²) in [4.78, 5) is 12.3. The van der Waals surface area contributed by atoms with Gasteiger partial charge in [0.05, 0.1) is 13.3 Å². The van der Waals surface area contributed by atoms with E-state index in [0.29, 0.717) is 35.3 Å². The van der Waals surface area contributed by atoms with Crippen molar-refractivity contribution in [2.75, 3.05) is 13.7 Å². The van der Waals surface area contributed by atoms with Gasteiger partial charge in [-0.25, -0.2) is 5.43 Å². The largest absolute Gasteiger partial charge is 0.497 e. The molecule has 0 aromatic heterocycles. The van der Waals surface area contributed by atoms with Gasteiger partial charge in [0.25, 0.3) is 5.91 Å². The van der Waals surface area contributed by atoms with E-state index in [1.807, 2.05) is 55.5 Å². The fourth-order valence-corrected chi connectivity index (χ4v) is 3.60. The summed E-state index contributed by atoms with van der Waals surface area (Å²) < 4.78 is 18.0. The van der Waals surface area contributed by atoms with Gasteiger partial charge in [-0.05, 0) is 65.9 Å². The van der Waals surface area contributed by atoms with Crippen LogP contribution in [0.4, 0.5) is 0 Å². The number of methoxy groups -OCH3 is 1. The topological polar surface area (TPSA) is 69.2 Å². The molecule has 0 spiro atoms. The number of hydrazone groups is 1. The minimum absolute atomic E-state index is 0.135. The molecule has 0 aliphatic heterocycles. The number of nitrogens with one attached hydrogen (secondary N) is 1. The van der Waals surface area contributed by atoms with E-state index in [-0.39, 0.29) is 12.5 Å². The number of ether oxygens (including phenoxy) is 3. The Morgan fingerprint density at radius 1 is 1.06 bits per heavy atom. The van der Waals surface area contributed by atoms with E-state index in [2.05, 4.69) is 46.4 Å². The van der Waals surface area contributed by atoms with Gasteiger partial charge in [-0.1, -0.05) is 54.0 Å². The summed E-state index contributed by atoms with van der Waals surface area (Å²) >= 11 is 3.47. The molecule has 0 heterocycles. The van der Waals surface area contributed by atoms with Gasteiger partial charge in [0.2, 0.25) is 0 Å². The number of benzene rings is 3. The number of hydrogen-bond acceptors (Lipinski definition) is 5. The van der Waals surface area contributed by atoms with E-state index in [1.165, 1.54) is 6.21 Å². The molecule has 0 aliphatic rings. The molecule has 6 nitrogen and oxygen atoms in total. The summed E-state index contributed by atoms with van der Waals surface area (Å²) in [6, 6.07) is 19.4. The Balaban J connectivity index is 1.61. The molecule has 0 radical (unpaired) electrons. The SMILES string of the molecule is COc1ccc(OCc2cccc(Br)c2)c(C=NNC(=O)COc2cc(C(C)C)ccc2C)c1. The molecule has 0 fully saturated rings. The summed E-state index contributed by atoms with van der Waals surface area (Å²) in [6.45, 7) is 6.44. The highest BCUT2D eigenvalue weighted by Crippen LogP contribution is 2.25. The highest BCUT2D eigenvalue weighted by atomic mass is 79.9. The molecule has 0 bridgehead atoms. The second-order valence-corrected chi connectivity index (χ2v) is 9.00. The predicted octanol–water partition coefficient (Wildman–Crippen LogP) is 6.00. The number of nitrogens with zero attached hydrogens (tertiary/aromatic N) is 1. The molecule has 1 N–H and O–H groups in total. The molecule has 7 heteroatoms. The van der Waals surface area contributed by atoms with Gasteiger partial charge < -0.3 is 14.2 Å². The van der Waals surface area contributed by atoms with Gasteiger partial charge in [0.15, 0.2) is 6.61 Å². The zero-order valence-electron chi connectivity index (χ0n) is 19.8. The van der Waals surface area contributed by atoms with Crippen molar-refractivity contribution >= 4 is 28.1 Å². The van der Waals surface area contributed by atoms with Crippen molar-refractivity contribution < 1.29 is 19.0 Å². The zero-order chi connectivity index (χ0) is 24.5. The number of carbonyl (C=O) groups excluding carboxylic acids is 1. The Kier molecular flexibility index (Phi) is 9.10. The average molecular weight is 525 g/mol. The summed E-state index contributed by atoms with van der Waals surface area (Å²) in [7, 11) is 1.59. The second-order valence-electron chi connectivity index (χ2n) is 8.08. The first kappa shape index (κ1) is 25.3. The highest BCUT2D eigenvalue weighted by Gasteiger charge is 2.09. The van der Waals surface area contributed by atoms with Crippen LogP contribution in [0.15, 0.2) is 70.2 Å². The highest BCUT2D eigenvalue weighted by molar-refractivity contribution is 9.10. The number of aryl methyl sites for hydroxylation is 1. The lowest BCUT2D eigenvalue weighted by molar-refractivity contribution is -0.123. The van der Waals surface area contributed by atoms with E-state index < -0.39 is 0 Å². The minimum atomic E-state index is -0.356. The second kappa shape index (κ2) is 12.2. The molecule has 34 heavy (non-hydrogen) atoms. The molecule has 1 amide bonds. The molecule has 178 valence electrons. The normalized spacial score (nSPS) is 11.0. The quantitative estimate of drug-likeness (QED) is 0.261. The van der Waals surface area contributed by atoms with Crippen LogP contribution in [0.2, 0.25) is 0 Å². The number of amides is 1. The van der Waals surface area contributed by atoms with Crippen molar-refractivity contribution in [1.29, 1.82) is 0 Å². The van der Waals surface area contributed by atoms with Crippen molar-refractivity contribution in [3.63, 3.8) is 0 Å². The molecular weight excluding hydrogens is 496 g/mol. The van der Waals surface area contributed by atoms with Crippen LogP contribution in [0, 0.1) is 6.92 Å².